The predicted octanol–water partition coefficient (Wildman–Crippen LogP) is 2.98. The highest BCUT2D eigenvalue weighted by Gasteiger charge is 2.24. The van der Waals surface area contributed by atoms with Crippen LogP contribution >= 0.6 is 0 Å². The number of fused-ring (bicyclic) bond motifs is 2. The largest absolute Gasteiger partial charge is 0.490 e. The van der Waals surface area contributed by atoms with Crippen molar-refractivity contribution in [3.05, 3.63) is 59.2 Å². The monoisotopic (exact) mass is 351 g/mol. The van der Waals surface area contributed by atoms with Gasteiger partial charge < -0.3 is 19.5 Å². The Morgan fingerprint density at radius 3 is 2.96 bits per heavy atom. The third kappa shape index (κ3) is 3.25. The number of ether oxygens (including phenoxy) is 3. The van der Waals surface area contributed by atoms with Gasteiger partial charge in [-0.05, 0) is 30.7 Å². The Labute approximate surface area is 152 Å². The molecule has 26 heavy (non-hydrogen) atoms. The fourth-order valence-corrected chi connectivity index (χ4v) is 3.27. The Kier molecular flexibility index (Phi) is 4.52. The molecule has 0 radical (unpaired) electrons. The first-order chi connectivity index (χ1) is 12.7. The number of nitrogens with one attached hydrogen (secondary N) is 1. The first-order valence-corrected chi connectivity index (χ1v) is 8.86. The highest BCUT2D eigenvalue weighted by molar-refractivity contribution is 5.99. The number of benzene rings is 2. The van der Waals surface area contributed by atoms with Gasteiger partial charge in [0.15, 0.2) is 11.5 Å². The number of hydrogen-bond acceptors (Lipinski definition) is 4. The minimum absolute atomic E-state index is 0.0293. The van der Waals surface area contributed by atoms with E-state index in [9.17, 15) is 4.79 Å². The van der Waals surface area contributed by atoms with Crippen LogP contribution in [0, 0.1) is 0 Å². The van der Waals surface area contributed by atoms with Gasteiger partial charge in [0.25, 0.3) is 5.91 Å². The molecule has 0 fully saturated rings. The summed E-state index contributed by atoms with van der Waals surface area (Å²) >= 11 is 0. The fraction of sp³-hybridized carbons (Fsp3) is 0.286. The van der Waals surface area contributed by atoms with Crippen molar-refractivity contribution in [3.63, 3.8) is 0 Å². The molecule has 1 N–H and O–H groups in total. The van der Waals surface area contributed by atoms with E-state index in [1.807, 2.05) is 49.4 Å². The van der Waals surface area contributed by atoms with E-state index in [-0.39, 0.29) is 18.6 Å². The molecule has 2 heterocycles. The van der Waals surface area contributed by atoms with E-state index in [2.05, 4.69) is 11.4 Å². The van der Waals surface area contributed by atoms with Gasteiger partial charge in [0, 0.05) is 12.0 Å². The third-order valence-electron chi connectivity index (χ3n) is 4.51. The molecular formula is C21H21NO4. The number of carbonyl (C=O) groups is 1. The van der Waals surface area contributed by atoms with E-state index in [1.54, 1.807) is 0 Å². The zero-order valence-corrected chi connectivity index (χ0v) is 14.7. The summed E-state index contributed by atoms with van der Waals surface area (Å²) in [6, 6.07) is 13.7. The minimum Gasteiger partial charge on any atom is -0.490 e. The molecule has 0 saturated carbocycles. The van der Waals surface area contributed by atoms with Crippen LogP contribution in [0.4, 0.5) is 0 Å². The lowest BCUT2D eigenvalue weighted by molar-refractivity contribution is -0.118. The van der Waals surface area contributed by atoms with Gasteiger partial charge in [-0.15, -0.1) is 0 Å². The molecule has 0 spiro atoms. The molecule has 2 aromatic rings. The maximum atomic E-state index is 12.5. The molecule has 1 amide bonds. The molecule has 0 aromatic heterocycles. The van der Waals surface area contributed by atoms with E-state index < -0.39 is 0 Å². The second-order valence-electron chi connectivity index (χ2n) is 6.33. The van der Waals surface area contributed by atoms with Crippen molar-refractivity contribution in [1.82, 2.24) is 5.32 Å². The van der Waals surface area contributed by atoms with Crippen LogP contribution in [0.5, 0.6) is 17.2 Å². The Bertz CT molecular complexity index is 834. The Morgan fingerprint density at radius 2 is 2.12 bits per heavy atom. The summed E-state index contributed by atoms with van der Waals surface area (Å²) in [5, 5.41) is 2.96. The quantitative estimate of drug-likeness (QED) is 0.900. The van der Waals surface area contributed by atoms with Gasteiger partial charge in [-0.1, -0.05) is 30.3 Å². The molecule has 0 bridgehead atoms. The van der Waals surface area contributed by atoms with Gasteiger partial charge in [0.05, 0.1) is 18.7 Å². The van der Waals surface area contributed by atoms with Crippen LogP contribution in [-0.2, 0) is 11.2 Å². The first-order valence-electron chi connectivity index (χ1n) is 8.86. The molecule has 2 aliphatic rings. The minimum atomic E-state index is -0.128. The van der Waals surface area contributed by atoms with Crippen LogP contribution in [0.25, 0.3) is 6.08 Å². The molecule has 134 valence electrons. The highest BCUT2D eigenvalue weighted by atomic mass is 16.5. The number of amides is 1. The van der Waals surface area contributed by atoms with Gasteiger partial charge in [0.1, 0.15) is 18.5 Å². The summed E-state index contributed by atoms with van der Waals surface area (Å²) in [7, 11) is 0. The Hall–Kier alpha value is -2.95. The lowest BCUT2D eigenvalue weighted by Crippen LogP contribution is -2.36. The second-order valence-corrected chi connectivity index (χ2v) is 6.33. The summed E-state index contributed by atoms with van der Waals surface area (Å²) in [6.07, 6.45) is 2.64. The molecule has 0 saturated heterocycles. The topological polar surface area (TPSA) is 56.8 Å². The van der Waals surface area contributed by atoms with Crippen LogP contribution in [0.2, 0.25) is 0 Å². The second kappa shape index (κ2) is 7.12. The Balaban J connectivity index is 1.39. The smallest absolute Gasteiger partial charge is 0.250 e. The van der Waals surface area contributed by atoms with Gasteiger partial charge in [0.2, 0.25) is 0 Å². The number of para-hydroxylation sites is 2. The van der Waals surface area contributed by atoms with Crippen LogP contribution in [-0.4, -0.2) is 31.8 Å². The molecular weight excluding hydrogens is 330 g/mol. The summed E-state index contributed by atoms with van der Waals surface area (Å²) < 4.78 is 17.2. The van der Waals surface area contributed by atoms with Crippen LogP contribution in [0.3, 0.4) is 0 Å². The number of hydrogen-bond donors (Lipinski definition) is 1. The molecule has 0 aliphatic carbocycles. The zero-order valence-electron chi connectivity index (χ0n) is 14.7. The number of carbonyl (C=O) groups excluding carboxylic acids is 1. The van der Waals surface area contributed by atoms with E-state index in [4.69, 9.17) is 14.2 Å². The Morgan fingerprint density at radius 1 is 1.23 bits per heavy atom. The fourth-order valence-electron chi connectivity index (χ4n) is 3.27. The van der Waals surface area contributed by atoms with Gasteiger partial charge in [-0.2, -0.15) is 0 Å². The SMILES string of the molecule is CCOc1cccc2c1OCC(C(=O)NCC1Cc3ccccc3O1)=C2. The molecule has 2 aliphatic heterocycles. The molecule has 4 rings (SSSR count). The molecule has 5 heteroatoms. The zero-order chi connectivity index (χ0) is 17.9. The first kappa shape index (κ1) is 16.5. The highest BCUT2D eigenvalue weighted by Crippen LogP contribution is 2.35. The lowest BCUT2D eigenvalue weighted by Gasteiger charge is -2.20. The van der Waals surface area contributed by atoms with Crippen molar-refractivity contribution in [3.8, 4) is 17.2 Å². The maximum absolute atomic E-state index is 12.5. The summed E-state index contributed by atoms with van der Waals surface area (Å²) in [5.74, 6) is 2.18. The molecule has 5 nitrogen and oxygen atoms in total. The van der Waals surface area contributed by atoms with E-state index in [0.717, 1.165) is 17.7 Å². The summed E-state index contributed by atoms with van der Waals surface area (Å²) in [6.45, 7) is 3.20. The number of rotatable bonds is 5. The normalized spacial score (nSPS) is 17.3. The summed E-state index contributed by atoms with van der Waals surface area (Å²) in [5.41, 5.74) is 2.64. The van der Waals surface area contributed by atoms with Crippen molar-refractivity contribution < 1.29 is 19.0 Å². The third-order valence-corrected chi connectivity index (χ3v) is 4.51. The van der Waals surface area contributed by atoms with Gasteiger partial charge in [-0.3, -0.25) is 4.79 Å². The van der Waals surface area contributed by atoms with E-state index in [0.29, 0.717) is 30.2 Å². The van der Waals surface area contributed by atoms with Crippen LogP contribution in [0.1, 0.15) is 18.1 Å². The molecule has 2 aromatic carbocycles. The summed E-state index contributed by atoms with van der Waals surface area (Å²) in [4.78, 5) is 12.5. The average Bonchev–Trinajstić information content (AvgIpc) is 3.09. The molecule has 1 unspecified atom stereocenters. The van der Waals surface area contributed by atoms with Crippen molar-refractivity contribution in [2.45, 2.75) is 19.4 Å². The molecule has 1 atom stereocenters. The van der Waals surface area contributed by atoms with Crippen LogP contribution in [0.15, 0.2) is 48.0 Å². The van der Waals surface area contributed by atoms with Crippen molar-refractivity contribution >= 4 is 12.0 Å². The van der Waals surface area contributed by atoms with E-state index in [1.165, 1.54) is 5.56 Å². The lowest BCUT2D eigenvalue weighted by atomic mass is 10.1. The van der Waals surface area contributed by atoms with Crippen molar-refractivity contribution in [1.29, 1.82) is 0 Å². The van der Waals surface area contributed by atoms with Crippen LogP contribution < -0.4 is 19.5 Å². The van der Waals surface area contributed by atoms with Gasteiger partial charge in [-0.25, -0.2) is 0 Å². The average molecular weight is 351 g/mol. The van der Waals surface area contributed by atoms with Gasteiger partial charge >= 0.3 is 0 Å². The predicted molar refractivity (Wildman–Crippen MR) is 98.7 cm³/mol. The standard InChI is InChI=1S/C21H21NO4/c1-2-24-19-9-5-7-15-10-16(13-25-20(15)19)21(23)22-12-17-11-14-6-3-4-8-18(14)26-17/h3-10,17H,2,11-13H2,1H3,(H,22,23). The van der Waals surface area contributed by atoms with E-state index >= 15 is 0 Å². The van der Waals surface area contributed by atoms with Crippen molar-refractivity contribution in [2.24, 2.45) is 0 Å². The van der Waals surface area contributed by atoms with Crippen molar-refractivity contribution in [2.75, 3.05) is 19.8 Å². The maximum Gasteiger partial charge on any atom is 0.250 e.